The van der Waals surface area contributed by atoms with E-state index < -0.39 is 18.0 Å². The van der Waals surface area contributed by atoms with Gasteiger partial charge in [-0.1, -0.05) is 12.1 Å². The van der Waals surface area contributed by atoms with E-state index in [0.29, 0.717) is 35.1 Å². The molecule has 4 aromatic rings. The molecule has 180 valence electrons. The number of fused-ring (bicyclic) bond motifs is 9. The number of rotatable bonds is 4. The van der Waals surface area contributed by atoms with Crippen LogP contribution in [-0.2, 0) is 12.1 Å². The standard InChI is InChI=1S/C25H22F3N5O2/c1-25(2,34)23-30-10-13(11-31-23)14-6-18-16(7-15(14)26)32-22-17-8-19(33(18)22)21-12(9-29-17)4-3-5-20(21)35-24(27)28/h3-7,10-11,17,19,24,29,34H,8-9H2,1-2H3/t17-,19-/m1/s1. The van der Waals surface area contributed by atoms with Gasteiger partial charge in [-0.05, 0) is 38.0 Å². The summed E-state index contributed by atoms with van der Waals surface area (Å²) < 4.78 is 48.4. The molecule has 0 radical (unpaired) electrons. The van der Waals surface area contributed by atoms with Gasteiger partial charge >= 0.3 is 6.61 Å². The smallest absolute Gasteiger partial charge is 0.387 e. The van der Waals surface area contributed by atoms with Crippen LogP contribution >= 0.6 is 0 Å². The van der Waals surface area contributed by atoms with Crippen LogP contribution in [0.2, 0.25) is 0 Å². The van der Waals surface area contributed by atoms with Crippen molar-refractivity contribution in [2.45, 2.75) is 51.1 Å². The fourth-order valence-corrected chi connectivity index (χ4v) is 5.12. The van der Waals surface area contributed by atoms with E-state index in [-0.39, 0.29) is 29.2 Å². The number of nitrogens with zero attached hydrogens (tertiary/aromatic N) is 4. The molecule has 2 bridgehead atoms. The van der Waals surface area contributed by atoms with Crippen molar-refractivity contribution in [1.82, 2.24) is 24.8 Å². The quantitative estimate of drug-likeness (QED) is 0.443. The lowest BCUT2D eigenvalue weighted by molar-refractivity contribution is -0.0507. The summed E-state index contributed by atoms with van der Waals surface area (Å²) in [5.41, 5.74) is 2.23. The molecule has 6 rings (SSSR count). The lowest BCUT2D eigenvalue weighted by Gasteiger charge is -2.22. The predicted molar refractivity (Wildman–Crippen MR) is 121 cm³/mol. The van der Waals surface area contributed by atoms with Crippen molar-refractivity contribution in [3.63, 3.8) is 0 Å². The second kappa shape index (κ2) is 7.76. The first-order chi connectivity index (χ1) is 16.7. The largest absolute Gasteiger partial charge is 0.434 e. The highest BCUT2D eigenvalue weighted by atomic mass is 19.3. The SMILES string of the molecule is CC(C)(O)c1ncc(-c2cc3c(cc2F)nc2n3[C@@H]3C[C@H]2NCc2cccc(OC(F)F)c23)cn1. The summed E-state index contributed by atoms with van der Waals surface area (Å²) in [5, 5.41) is 13.6. The van der Waals surface area contributed by atoms with Gasteiger partial charge in [0.2, 0.25) is 0 Å². The lowest BCUT2D eigenvalue weighted by Crippen LogP contribution is -2.20. The van der Waals surface area contributed by atoms with Crippen molar-refractivity contribution >= 4 is 11.0 Å². The monoisotopic (exact) mass is 481 g/mol. The van der Waals surface area contributed by atoms with Gasteiger partial charge in [0.05, 0.1) is 23.1 Å². The van der Waals surface area contributed by atoms with Gasteiger partial charge in [0, 0.05) is 41.7 Å². The molecule has 7 nitrogen and oxygen atoms in total. The Morgan fingerprint density at radius 2 is 1.97 bits per heavy atom. The molecule has 4 heterocycles. The highest BCUT2D eigenvalue weighted by molar-refractivity contribution is 5.83. The zero-order valence-electron chi connectivity index (χ0n) is 19.0. The third kappa shape index (κ3) is 3.55. The summed E-state index contributed by atoms with van der Waals surface area (Å²) in [6, 6.07) is 7.80. The normalized spacial score (nSPS) is 19.1. The molecule has 10 heteroatoms. The number of imidazole rings is 1. The first kappa shape index (κ1) is 22.0. The van der Waals surface area contributed by atoms with Crippen molar-refractivity contribution in [2.75, 3.05) is 0 Å². The minimum absolute atomic E-state index is 0.111. The molecule has 0 saturated carbocycles. The number of hydrogen-bond acceptors (Lipinski definition) is 6. The summed E-state index contributed by atoms with van der Waals surface area (Å²) >= 11 is 0. The molecule has 0 spiro atoms. The average molecular weight is 481 g/mol. The summed E-state index contributed by atoms with van der Waals surface area (Å²) in [7, 11) is 0. The third-order valence-electron chi connectivity index (χ3n) is 6.64. The highest BCUT2D eigenvalue weighted by Gasteiger charge is 2.40. The Labute approximate surface area is 198 Å². The maximum atomic E-state index is 15.1. The molecule has 2 atom stereocenters. The zero-order valence-corrected chi connectivity index (χ0v) is 19.0. The van der Waals surface area contributed by atoms with Gasteiger partial charge in [-0.3, -0.25) is 0 Å². The van der Waals surface area contributed by atoms with Crippen molar-refractivity contribution in [3.05, 3.63) is 71.3 Å². The maximum absolute atomic E-state index is 15.1. The molecule has 2 aliphatic rings. The number of ether oxygens (including phenoxy) is 1. The van der Waals surface area contributed by atoms with E-state index in [0.717, 1.165) is 11.4 Å². The maximum Gasteiger partial charge on any atom is 0.387 e. The zero-order chi connectivity index (χ0) is 24.5. The molecular formula is C25H22F3N5O2. The molecule has 0 fully saturated rings. The van der Waals surface area contributed by atoms with E-state index in [1.165, 1.54) is 18.5 Å². The molecule has 2 aliphatic heterocycles. The molecule has 2 aromatic carbocycles. The number of nitrogens with one attached hydrogen (secondary N) is 1. The van der Waals surface area contributed by atoms with Gasteiger partial charge in [0.25, 0.3) is 0 Å². The summed E-state index contributed by atoms with van der Waals surface area (Å²) in [4.78, 5) is 13.1. The van der Waals surface area contributed by atoms with Gasteiger partial charge in [-0.25, -0.2) is 19.3 Å². The molecule has 2 N–H and O–H groups in total. The van der Waals surface area contributed by atoms with Gasteiger partial charge in [0.1, 0.15) is 23.0 Å². The van der Waals surface area contributed by atoms with E-state index in [9.17, 15) is 13.9 Å². The molecule has 2 aromatic heterocycles. The first-order valence-electron chi connectivity index (χ1n) is 11.3. The van der Waals surface area contributed by atoms with Crippen LogP contribution in [0.4, 0.5) is 13.2 Å². The Balaban J connectivity index is 1.51. The Bertz CT molecular complexity index is 1450. The Hall–Kier alpha value is -3.50. The summed E-state index contributed by atoms with van der Waals surface area (Å²) in [6.45, 7) is 0.692. The molecule has 0 saturated heterocycles. The fraction of sp³-hybridized carbons (Fsp3) is 0.320. The van der Waals surface area contributed by atoms with E-state index in [2.05, 4.69) is 15.3 Å². The van der Waals surface area contributed by atoms with Crippen LogP contribution in [0.3, 0.4) is 0 Å². The second-order valence-corrected chi connectivity index (χ2v) is 9.41. The Morgan fingerprint density at radius 3 is 2.69 bits per heavy atom. The van der Waals surface area contributed by atoms with Crippen LogP contribution in [0.25, 0.3) is 22.2 Å². The van der Waals surface area contributed by atoms with Gasteiger partial charge in [-0.2, -0.15) is 8.78 Å². The molecule has 0 amide bonds. The highest BCUT2D eigenvalue weighted by Crippen LogP contribution is 2.47. The lowest BCUT2D eigenvalue weighted by atomic mass is 9.97. The summed E-state index contributed by atoms with van der Waals surface area (Å²) in [5.74, 6) is 0.615. The van der Waals surface area contributed by atoms with Crippen LogP contribution in [0.5, 0.6) is 5.75 Å². The van der Waals surface area contributed by atoms with Gasteiger partial charge in [-0.15, -0.1) is 0 Å². The number of aliphatic hydroxyl groups is 1. The van der Waals surface area contributed by atoms with Crippen LogP contribution < -0.4 is 10.1 Å². The van der Waals surface area contributed by atoms with Gasteiger partial charge in [0.15, 0.2) is 5.82 Å². The fourth-order valence-electron chi connectivity index (χ4n) is 5.12. The van der Waals surface area contributed by atoms with Crippen molar-refractivity contribution in [3.8, 4) is 16.9 Å². The third-order valence-corrected chi connectivity index (χ3v) is 6.64. The Kier molecular flexibility index (Phi) is 4.87. The molecule has 35 heavy (non-hydrogen) atoms. The van der Waals surface area contributed by atoms with E-state index in [1.54, 1.807) is 32.0 Å². The van der Waals surface area contributed by atoms with E-state index >= 15 is 4.39 Å². The average Bonchev–Trinajstić information content (AvgIpc) is 3.25. The number of halogens is 3. The number of alkyl halides is 2. The van der Waals surface area contributed by atoms with Crippen LogP contribution in [0, 0.1) is 5.82 Å². The van der Waals surface area contributed by atoms with E-state index in [4.69, 9.17) is 9.72 Å². The number of hydrogen-bond donors (Lipinski definition) is 2. The number of aromatic nitrogens is 4. The minimum Gasteiger partial charge on any atom is -0.434 e. The van der Waals surface area contributed by atoms with Crippen LogP contribution in [0.15, 0.2) is 42.7 Å². The minimum atomic E-state index is -2.94. The van der Waals surface area contributed by atoms with Crippen molar-refractivity contribution in [1.29, 1.82) is 0 Å². The van der Waals surface area contributed by atoms with Crippen molar-refractivity contribution in [2.24, 2.45) is 0 Å². The molecule has 0 unspecified atom stereocenters. The molecule has 0 aliphatic carbocycles. The topological polar surface area (TPSA) is 85.1 Å². The van der Waals surface area contributed by atoms with Crippen LogP contribution in [-0.4, -0.2) is 31.2 Å². The van der Waals surface area contributed by atoms with Crippen molar-refractivity contribution < 1.29 is 23.0 Å². The van der Waals surface area contributed by atoms with E-state index in [1.807, 2.05) is 10.6 Å². The van der Waals surface area contributed by atoms with Gasteiger partial charge < -0.3 is 19.7 Å². The Morgan fingerprint density at radius 1 is 1.20 bits per heavy atom. The van der Waals surface area contributed by atoms with Crippen LogP contribution in [0.1, 0.15) is 55.1 Å². The molecular weight excluding hydrogens is 459 g/mol. The first-order valence-corrected chi connectivity index (χ1v) is 11.3. The predicted octanol–water partition coefficient (Wildman–Crippen LogP) is 4.60. The number of benzene rings is 2. The summed E-state index contributed by atoms with van der Waals surface area (Å²) in [6.07, 6.45) is 3.56. The second-order valence-electron chi connectivity index (χ2n) is 9.41.